The molecule has 1 aliphatic rings. The number of thiazole rings is 1. The number of β-lactam (4-membered cyclic amide) rings is 1. The summed E-state index contributed by atoms with van der Waals surface area (Å²) >= 11 is 0.988. The lowest BCUT2D eigenvalue weighted by atomic mass is 9.99. The Hall–Kier alpha value is -4.80. The number of carbonyl (C=O) groups is 5. The van der Waals surface area contributed by atoms with Crippen LogP contribution in [0.25, 0.3) is 0 Å². The van der Waals surface area contributed by atoms with Crippen LogP contribution in [0.3, 0.4) is 0 Å². The molecule has 0 saturated carbocycles. The van der Waals surface area contributed by atoms with Crippen molar-refractivity contribution in [3.05, 3.63) is 29.0 Å². The van der Waals surface area contributed by atoms with Gasteiger partial charge in [0.25, 0.3) is 11.8 Å². The Kier molecular flexibility index (Phi) is 13.4. The summed E-state index contributed by atoms with van der Waals surface area (Å²) in [5, 5.41) is 19.5. The average molecular weight is 676 g/mol. The summed E-state index contributed by atoms with van der Waals surface area (Å²) in [5.41, 5.74) is -1.26. The molecule has 2 atom stereocenters. The van der Waals surface area contributed by atoms with Crippen LogP contribution < -0.4 is 30.7 Å². The van der Waals surface area contributed by atoms with E-state index in [1.165, 1.54) is 17.6 Å². The first-order chi connectivity index (χ1) is 22.3. The van der Waals surface area contributed by atoms with Crippen molar-refractivity contribution in [2.45, 2.75) is 78.0 Å². The third-order valence-electron chi connectivity index (χ3n) is 6.29. The topological polar surface area (TPSA) is 220 Å². The van der Waals surface area contributed by atoms with E-state index in [-0.39, 0.29) is 23.1 Å². The van der Waals surface area contributed by atoms with Crippen molar-refractivity contribution < 1.29 is 42.9 Å². The first-order valence-corrected chi connectivity index (χ1v) is 16.0. The largest absolute Gasteiger partial charge is 0.490 e. The maximum absolute atomic E-state index is 12.7. The Balaban J connectivity index is 1.46. The number of amides is 4. The number of anilines is 1. The normalized spacial score (nSPS) is 15.4. The van der Waals surface area contributed by atoms with Gasteiger partial charge in [0.1, 0.15) is 41.9 Å². The summed E-state index contributed by atoms with van der Waals surface area (Å²) < 4.78 is 21.8. The minimum Gasteiger partial charge on any atom is -0.490 e. The number of hydrogen-bond donors (Lipinski definition) is 5. The molecule has 16 nitrogen and oxygen atoms in total. The first-order valence-electron chi connectivity index (χ1n) is 15.2. The molecule has 0 radical (unpaired) electrons. The van der Waals surface area contributed by atoms with Gasteiger partial charge in [-0.15, -0.1) is 11.3 Å². The summed E-state index contributed by atoms with van der Waals surface area (Å²) in [6.45, 7) is 9.33. The fourth-order valence-electron chi connectivity index (χ4n) is 3.81. The van der Waals surface area contributed by atoms with E-state index in [0.717, 1.165) is 37.0 Å². The van der Waals surface area contributed by atoms with Crippen molar-refractivity contribution >= 4 is 52.0 Å². The van der Waals surface area contributed by atoms with Crippen molar-refractivity contribution in [3.8, 4) is 11.5 Å². The Morgan fingerprint density at radius 2 is 1.72 bits per heavy atom. The molecular formula is C30H41N7O9S. The van der Waals surface area contributed by atoms with Crippen LogP contribution in [0.1, 0.15) is 76.5 Å². The van der Waals surface area contributed by atoms with Crippen molar-refractivity contribution in [2.24, 2.45) is 0 Å². The molecule has 0 bridgehead atoms. The molecule has 2 aromatic heterocycles. The monoisotopic (exact) mass is 675 g/mol. The highest BCUT2D eigenvalue weighted by molar-refractivity contribution is 7.14. The highest BCUT2D eigenvalue weighted by atomic mass is 32.1. The Labute approximate surface area is 276 Å². The van der Waals surface area contributed by atoms with Crippen LogP contribution in [-0.2, 0) is 23.9 Å². The fourth-order valence-corrected chi connectivity index (χ4v) is 4.50. The number of esters is 1. The fraction of sp³-hybridized carbons (Fsp3) is 0.533. The number of aromatic nitrogens is 2. The van der Waals surface area contributed by atoms with Gasteiger partial charge in [-0.1, -0.05) is 26.7 Å². The third kappa shape index (κ3) is 11.5. The highest BCUT2D eigenvalue weighted by Gasteiger charge is 2.42. The molecule has 17 heteroatoms. The predicted octanol–water partition coefficient (Wildman–Crippen LogP) is 2.57. The molecule has 256 valence electrons. The second-order valence-electron chi connectivity index (χ2n) is 11.4. The van der Waals surface area contributed by atoms with Crippen LogP contribution in [0.4, 0.5) is 9.93 Å². The van der Waals surface area contributed by atoms with Crippen molar-refractivity contribution in [1.82, 2.24) is 25.9 Å². The summed E-state index contributed by atoms with van der Waals surface area (Å²) in [4.78, 5) is 69.9. The maximum atomic E-state index is 12.7. The lowest BCUT2D eigenvalue weighted by Gasteiger charge is -2.36. The molecule has 1 fully saturated rings. The van der Waals surface area contributed by atoms with Crippen LogP contribution in [-0.4, -0.2) is 89.5 Å². The van der Waals surface area contributed by atoms with Gasteiger partial charge in [-0.2, -0.15) is 0 Å². The molecule has 1 aliphatic heterocycles. The van der Waals surface area contributed by atoms with Gasteiger partial charge < -0.3 is 34.9 Å². The molecule has 3 heterocycles. The van der Waals surface area contributed by atoms with Gasteiger partial charge in [0.05, 0.1) is 25.5 Å². The van der Waals surface area contributed by atoms with Gasteiger partial charge in [-0.05, 0) is 33.6 Å². The van der Waals surface area contributed by atoms with Gasteiger partial charge >= 0.3 is 12.1 Å². The maximum Gasteiger partial charge on any atom is 0.413 e. The van der Waals surface area contributed by atoms with Gasteiger partial charge in [0.2, 0.25) is 5.91 Å². The van der Waals surface area contributed by atoms with E-state index in [1.54, 1.807) is 20.8 Å². The number of nitrogens with zero attached hydrogens (tertiary/aromatic N) is 2. The Bertz CT molecular complexity index is 1460. The smallest absolute Gasteiger partial charge is 0.413 e. The second-order valence-corrected chi connectivity index (χ2v) is 12.3. The molecule has 5 N–H and O–H groups in total. The van der Waals surface area contributed by atoms with Gasteiger partial charge in [0, 0.05) is 11.4 Å². The molecule has 0 spiro atoms. The molecule has 0 aromatic carbocycles. The quantitative estimate of drug-likeness (QED) is 0.0710. The van der Waals surface area contributed by atoms with Crippen LogP contribution >= 0.6 is 11.3 Å². The lowest BCUT2D eigenvalue weighted by Crippen LogP contribution is -2.71. The zero-order chi connectivity index (χ0) is 34.6. The second kappa shape index (κ2) is 17.2. The van der Waals surface area contributed by atoms with E-state index >= 15 is 0 Å². The summed E-state index contributed by atoms with van der Waals surface area (Å²) in [5.74, 6) is -2.03. The molecule has 4 amide bonds. The number of hydrogen-bond acceptors (Lipinski definition) is 13. The summed E-state index contributed by atoms with van der Waals surface area (Å²) in [6, 6.07) is -0.379. The Morgan fingerprint density at radius 1 is 1.04 bits per heavy atom. The van der Waals surface area contributed by atoms with E-state index in [2.05, 4.69) is 31.2 Å². The number of ether oxygens (including phenoxy) is 4. The van der Waals surface area contributed by atoms with Crippen molar-refractivity contribution in [3.63, 3.8) is 0 Å². The molecule has 2 aromatic rings. The molecule has 1 saturated heterocycles. The number of unbranched alkanes of at least 4 members (excludes halogenated alkanes) is 2. The molecular weight excluding hydrogens is 634 g/mol. The van der Waals surface area contributed by atoms with Crippen molar-refractivity contribution in [1.29, 1.82) is 5.41 Å². The number of nitrogens with one attached hydrogen (secondary N) is 5. The van der Waals surface area contributed by atoms with Crippen LogP contribution in [0.5, 0.6) is 11.5 Å². The van der Waals surface area contributed by atoms with E-state index in [9.17, 15) is 24.0 Å². The van der Waals surface area contributed by atoms with E-state index in [1.807, 2.05) is 13.8 Å². The average Bonchev–Trinajstić information content (AvgIpc) is 3.48. The third-order valence-corrected chi connectivity index (χ3v) is 7.04. The van der Waals surface area contributed by atoms with E-state index in [4.69, 9.17) is 24.4 Å². The lowest BCUT2D eigenvalue weighted by molar-refractivity contribution is -0.148. The van der Waals surface area contributed by atoms with Crippen molar-refractivity contribution in [2.75, 3.05) is 31.7 Å². The van der Waals surface area contributed by atoms with E-state index < -0.39 is 59.7 Å². The van der Waals surface area contributed by atoms with Crippen LogP contribution in [0, 0.1) is 5.41 Å². The number of pyridine rings is 1. The van der Waals surface area contributed by atoms with Gasteiger partial charge in [-0.3, -0.25) is 29.9 Å². The molecule has 0 aliphatic carbocycles. The summed E-state index contributed by atoms with van der Waals surface area (Å²) in [6.07, 6.45) is 4.22. The Morgan fingerprint density at radius 3 is 2.36 bits per heavy atom. The van der Waals surface area contributed by atoms with Gasteiger partial charge in [0.15, 0.2) is 16.6 Å². The minimum absolute atomic E-state index is 0.0233. The standard InChI is InChI=1S/C30H41N7O9S/c1-6-8-10-43-20-12-17(32-13-21(20)44-11-9-7-2)25(39)33-14-22(38)45-15-18-24(27(41)34-18)36-26(40)23(31)19-16-47-28(35-19)37-29(42)46-30(3,4)5/h12-13,16,18,24,31H,6-11,14-15H2,1-5H3,(H,33,39)(H,34,41)(H,36,40)(H,35,37,42)/t18-,24+/m1/s1. The number of rotatable bonds is 17. The van der Waals surface area contributed by atoms with Crippen LogP contribution in [0.2, 0.25) is 0 Å². The number of carbonyl (C=O) groups excluding carboxylic acids is 5. The predicted molar refractivity (Wildman–Crippen MR) is 171 cm³/mol. The zero-order valence-electron chi connectivity index (χ0n) is 27.0. The first kappa shape index (κ1) is 36.7. The van der Waals surface area contributed by atoms with Gasteiger partial charge in [-0.25, -0.2) is 14.8 Å². The van der Waals surface area contributed by atoms with Crippen LogP contribution in [0.15, 0.2) is 17.6 Å². The minimum atomic E-state index is -1.07. The molecule has 0 unspecified atom stereocenters. The zero-order valence-corrected chi connectivity index (χ0v) is 27.8. The highest BCUT2D eigenvalue weighted by Crippen LogP contribution is 2.27. The van der Waals surface area contributed by atoms with E-state index in [0.29, 0.717) is 24.7 Å². The molecule has 3 rings (SSSR count). The molecule has 47 heavy (non-hydrogen) atoms. The SMILES string of the molecule is CCCCOc1cnc(C(=O)NCC(=O)OC[C@H]2NC(=O)[C@H]2NC(=O)C(=N)c2csc(NC(=O)OC(C)(C)C)n2)cc1OCCCC. The summed E-state index contributed by atoms with van der Waals surface area (Å²) in [7, 11) is 0.